The second-order valence-corrected chi connectivity index (χ2v) is 6.98. The molecule has 0 aromatic rings. The van der Waals surface area contributed by atoms with E-state index in [0.717, 1.165) is 25.7 Å². The van der Waals surface area contributed by atoms with Crippen LogP contribution >= 0.6 is 0 Å². The van der Waals surface area contributed by atoms with E-state index in [-0.39, 0.29) is 30.3 Å². The molecule has 2 bridgehead atoms. The third kappa shape index (κ3) is 3.39. The second kappa shape index (κ2) is 6.34. The summed E-state index contributed by atoms with van der Waals surface area (Å²) < 4.78 is 0. The third-order valence-corrected chi connectivity index (χ3v) is 5.48. The van der Waals surface area contributed by atoms with E-state index < -0.39 is 5.97 Å². The van der Waals surface area contributed by atoms with Crippen molar-refractivity contribution < 1.29 is 14.7 Å². The molecule has 2 N–H and O–H groups in total. The summed E-state index contributed by atoms with van der Waals surface area (Å²) in [4.78, 5) is 25.4. The van der Waals surface area contributed by atoms with E-state index in [1.807, 2.05) is 0 Å². The zero-order valence-electron chi connectivity index (χ0n) is 12.6. The van der Waals surface area contributed by atoms with Crippen molar-refractivity contribution in [1.29, 1.82) is 0 Å². The zero-order chi connectivity index (χ0) is 14.8. The van der Waals surface area contributed by atoms with E-state index in [9.17, 15) is 9.59 Å². The van der Waals surface area contributed by atoms with Gasteiger partial charge in [-0.2, -0.15) is 0 Å². The average molecular weight is 294 g/mol. The monoisotopic (exact) mass is 294 g/mol. The Morgan fingerprint density at radius 2 is 1.67 bits per heavy atom. The maximum atomic E-state index is 12.5. The van der Waals surface area contributed by atoms with Gasteiger partial charge < -0.3 is 15.3 Å². The van der Waals surface area contributed by atoms with Crippen LogP contribution in [0.15, 0.2) is 0 Å². The topological polar surface area (TPSA) is 69.6 Å². The number of carboxylic acids is 1. The molecule has 2 heterocycles. The minimum Gasteiger partial charge on any atom is -0.481 e. The summed E-state index contributed by atoms with van der Waals surface area (Å²) in [5.41, 5.74) is 0. The molecule has 0 aromatic heterocycles. The number of hydrogen-bond donors (Lipinski definition) is 2. The van der Waals surface area contributed by atoms with Crippen molar-refractivity contribution in [3.63, 3.8) is 0 Å². The summed E-state index contributed by atoms with van der Waals surface area (Å²) in [5, 5.41) is 12.4. The summed E-state index contributed by atoms with van der Waals surface area (Å²) in [6.45, 7) is 0.460. The van der Waals surface area contributed by atoms with Crippen LogP contribution in [0.3, 0.4) is 0 Å². The van der Waals surface area contributed by atoms with Crippen LogP contribution in [0.5, 0.6) is 0 Å². The molecule has 1 saturated carbocycles. The fourth-order valence-electron chi connectivity index (χ4n) is 4.56. The average Bonchev–Trinajstić information content (AvgIpc) is 3.02. The van der Waals surface area contributed by atoms with Crippen LogP contribution in [-0.4, -0.2) is 46.6 Å². The van der Waals surface area contributed by atoms with Crippen LogP contribution in [0.4, 0.5) is 0 Å². The van der Waals surface area contributed by atoms with E-state index in [1.54, 1.807) is 0 Å². The third-order valence-electron chi connectivity index (χ3n) is 5.48. The number of fused-ring (bicyclic) bond motifs is 2. The molecule has 2 saturated heterocycles. The number of amides is 1. The van der Waals surface area contributed by atoms with Crippen LogP contribution in [0, 0.1) is 5.92 Å². The van der Waals surface area contributed by atoms with Crippen LogP contribution in [0.2, 0.25) is 0 Å². The standard InChI is InChI=1S/C16H26N2O3/c19-15(10-17-12-3-1-2-4-12)18-13-5-6-14(18)8-11(7-13)9-16(20)21/h11-14,17H,1-10H2,(H,20,21). The van der Waals surface area contributed by atoms with Crippen molar-refractivity contribution in [3.05, 3.63) is 0 Å². The Morgan fingerprint density at radius 1 is 1.05 bits per heavy atom. The number of carboxylic acid groups (broad SMARTS) is 1. The van der Waals surface area contributed by atoms with E-state index in [1.165, 1.54) is 25.7 Å². The number of nitrogens with one attached hydrogen (secondary N) is 1. The molecule has 0 radical (unpaired) electrons. The predicted octanol–water partition coefficient (Wildman–Crippen LogP) is 1.76. The van der Waals surface area contributed by atoms with Gasteiger partial charge in [0.05, 0.1) is 6.54 Å². The highest BCUT2D eigenvalue weighted by Crippen LogP contribution is 2.39. The number of hydrogen-bond acceptors (Lipinski definition) is 3. The predicted molar refractivity (Wildman–Crippen MR) is 78.9 cm³/mol. The molecule has 0 aromatic carbocycles. The molecule has 2 aliphatic heterocycles. The van der Waals surface area contributed by atoms with Gasteiger partial charge in [0.1, 0.15) is 0 Å². The first-order chi connectivity index (χ1) is 10.1. The number of rotatable bonds is 5. The number of nitrogens with zero attached hydrogens (tertiary/aromatic N) is 1. The lowest BCUT2D eigenvalue weighted by Gasteiger charge is -2.39. The normalized spacial score (nSPS) is 32.6. The molecule has 3 aliphatic rings. The lowest BCUT2D eigenvalue weighted by atomic mass is 9.88. The second-order valence-electron chi connectivity index (χ2n) is 6.98. The number of carbonyl (C=O) groups is 2. The molecule has 3 fully saturated rings. The fourth-order valence-corrected chi connectivity index (χ4v) is 4.56. The molecule has 1 amide bonds. The summed E-state index contributed by atoms with van der Waals surface area (Å²) in [5.74, 6) is -0.225. The lowest BCUT2D eigenvalue weighted by molar-refractivity contribution is -0.139. The smallest absolute Gasteiger partial charge is 0.303 e. The summed E-state index contributed by atoms with van der Waals surface area (Å²) >= 11 is 0. The molecule has 1 aliphatic carbocycles. The van der Waals surface area contributed by atoms with E-state index >= 15 is 0 Å². The van der Waals surface area contributed by atoms with Crippen LogP contribution in [0.25, 0.3) is 0 Å². The van der Waals surface area contributed by atoms with E-state index in [2.05, 4.69) is 10.2 Å². The maximum Gasteiger partial charge on any atom is 0.303 e. The van der Waals surface area contributed by atoms with Gasteiger partial charge in [0.15, 0.2) is 0 Å². The Kier molecular flexibility index (Phi) is 4.48. The first-order valence-electron chi connectivity index (χ1n) is 8.40. The summed E-state index contributed by atoms with van der Waals surface area (Å²) in [7, 11) is 0. The fraction of sp³-hybridized carbons (Fsp3) is 0.875. The minimum absolute atomic E-state index is 0.225. The minimum atomic E-state index is -0.706. The zero-order valence-corrected chi connectivity index (χ0v) is 12.6. The van der Waals surface area contributed by atoms with Gasteiger partial charge in [-0.3, -0.25) is 9.59 Å². The van der Waals surface area contributed by atoms with E-state index in [4.69, 9.17) is 5.11 Å². The highest BCUT2D eigenvalue weighted by Gasteiger charge is 2.43. The molecule has 118 valence electrons. The molecule has 2 unspecified atom stereocenters. The molecular formula is C16H26N2O3. The molecule has 2 atom stereocenters. The van der Waals surface area contributed by atoms with Gasteiger partial charge in [0.2, 0.25) is 5.91 Å². The summed E-state index contributed by atoms with van der Waals surface area (Å²) in [6, 6.07) is 1.09. The highest BCUT2D eigenvalue weighted by atomic mass is 16.4. The lowest BCUT2D eigenvalue weighted by Crippen LogP contribution is -2.50. The summed E-state index contributed by atoms with van der Waals surface area (Å²) in [6.07, 6.45) is 9.05. The number of piperidine rings is 1. The van der Waals surface area contributed by atoms with Gasteiger partial charge in [-0.05, 0) is 44.4 Å². The Hall–Kier alpha value is -1.10. The number of carbonyl (C=O) groups excluding carboxylic acids is 1. The first kappa shape index (κ1) is 14.8. The molecule has 0 spiro atoms. The van der Waals surface area contributed by atoms with Gasteiger partial charge in [-0.15, -0.1) is 0 Å². The largest absolute Gasteiger partial charge is 0.481 e. The SMILES string of the molecule is O=C(O)CC1CC2CCC(C1)N2C(=O)CNC1CCCC1. The Labute approximate surface area is 126 Å². The molecule has 5 heteroatoms. The van der Waals surface area contributed by atoms with Gasteiger partial charge in [-0.1, -0.05) is 12.8 Å². The van der Waals surface area contributed by atoms with Crippen LogP contribution in [0.1, 0.15) is 57.8 Å². The first-order valence-corrected chi connectivity index (χ1v) is 8.40. The Bertz CT molecular complexity index is 392. The molecule has 5 nitrogen and oxygen atoms in total. The van der Waals surface area contributed by atoms with Crippen molar-refractivity contribution in [2.75, 3.05) is 6.54 Å². The highest BCUT2D eigenvalue weighted by molar-refractivity contribution is 5.79. The van der Waals surface area contributed by atoms with Crippen LogP contribution in [-0.2, 0) is 9.59 Å². The molecule has 3 rings (SSSR count). The van der Waals surface area contributed by atoms with Crippen molar-refractivity contribution in [2.24, 2.45) is 5.92 Å². The quantitative estimate of drug-likeness (QED) is 0.810. The van der Waals surface area contributed by atoms with Crippen molar-refractivity contribution in [3.8, 4) is 0 Å². The van der Waals surface area contributed by atoms with Crippen LogP contribution < -0.4 is 5.32 Å². The number of aliphatic carboxylic acids is 1. The Balaban J connectivity index is 1.52. The van der Waals surface area contributed by atoms with Gasteiger partial charge in [0, 0.05) is 24.5 Å². The van der Waals surface area contributed by atoms with Crippen molar-refractivity contribution >= 4 is 11.9 Å². The van der Waals surface area contributed by atoms with Crippen molar-refractivity contribution in [2.45, 2.75) is 75.9 Å². The van der Waals surface area contributed by atoms with E-state index in [0.29, 0.717) is 12.6 Å². The molecule has 21 heavy (non-hydrogen) atoms. The van der Waals surface area contributed by atoms with Gasteiger partial charge >= 0.3 is 5.97 Å². The Morgan fingerprint density at radius 3 is 2.24 bits per heavy atom. The maximum absolute atomic E-state index is 12.5. The van der Waals surface area contributed by atoms with Crippen molar-refractivity contribution in [1.82, 2.24) is 10.2 Å². The van der Waals surface area contributed by atoms with Gasteiger partial charge in [-0.25, -0.2) is 0 Å². The molecular weight excluding hydrogens is 268 g/mol. The van der Waals surface area contributed by atoms with Gasteiger partial charge in [0.25, 0.3) is 0 Å².